The first-order valence-corrected chi connectivity index (χ1v) is 7.16. The molecule has 1 aromatic carbocycles. The standard InChI is InChI=1S/C11H8F6N2O2S/c1-6-18-8-4-7(22(20,21)11(15,16)17)2-3-9(8)19(6)5-10(12,13)14/h2-4H,5H2,1H3. The van der Waals surface area contributed by atoms with Crippen LogP contribution in [0.25, 0.3) is 11.0 Å². The van der Waals surface area contributed by atoms with E-state index >= 15 is 0 Å². The number of sulfone groups is 1. The van der Waals surface area contributed by atoms with Crippen molar-refractivity contribution in [2.24, 2.45) is 0 Å². The molecule has 0 saturated heterocycles. The van der Waals surface area contributed by atoms with Gasteiger partial charge in [-0.2, -0.15) is 26.3 Å². The number of benzene rings is 1. The zero-order valence-corrected chi connectivity index (χ0v) is 11.6. The first-order valence-electron chi connectivity index (χ1n) is 5.68. The van der Waals surface area contributed by atoms with E-state index in [4.69, 9.17) is 0 Å². The van der Waals surface area contributed by atoms with Crippen molar-refractivity contribution in [3.05, 3.63) is 24.0 Å². The lowest BCUT2D eigenvalue weighted by molar-refractivity contribution is -0.140. The highest BCUT2D eigenvalue weighted by molar-refractivity contribution is 7.92. The Labute approximate surface area is 120 Å². The second-order valence-corrected chi connectivity index (χ2v) is 6.40. The number of aryl methyl sites for hydroxylation is 1. The Morgan fingerprint density at radius 2 is 1.73 bits per heavy atom. The van der Waals surface area contributed by atoms with Crippen LogP contribution in [0.5, 0.6) is 0 Å². The summed E-state index contributed by atoms with van der Waals surface area (Å²) in [7, 11) is -5.58. The van der Waals surface area contributed by atoms with Gasteiger partial charge in [-0.3, -0.25) is 0 Å². The molecule has 0 atom stereocenters. The van der Waals surface area contributed by atoms with Crippen LogP contribution >= 0.6 is 0 Å². The van der Waals surface area contributed by atoms with Gasteiger partial charge in [-0.1, -0.05) is 0 Å². The van der Waals surface area contributed by atoms with Gasteiger partial charge in [0.2, 0.25) is 0 Å². The molecular formula is C11H8F6N2O2S. The second kappa shape index (κ2) is 4.86. The molecule has 122 valence electrons. The van der Waals surface area contributed by atoms with Gasteiger partial charge in [0.25, 0.3) is 9.84 Å². The summed E-state index contributed by atoms with van der Waals surface area (Å²) in [6.45, 7) is -0.135. The Hall–Kier alpha value is -1.78. The minimum atomic E-state index is -5.58. The van der Waals surface area contributed by atoms with E-state index in [1.165, 1.54) is 6.92 Å². The minimum absolute atomic E-state index is 0.0890. The third-order valence-electron chi connectivity index (χ3n) is 2.86. The average molecular weight is 346 g/mol. The maximum Gasteiger partial charge on any atom is 0.501 e. The van der Waals surface area contributed by atoms with Crippen molar-refractivity contribution < 1.29 is 34.8 Å². The number of halogens is 6. The zero-order chi connectivity index (χ0) is 16.9. The Morgan fingerprint density at radius 1 is 1.14 bits per heavy atom. The molecule has 2 rings (SSSR count). The van der Waals surface area contributed by atoms with Crippen molar-refractivity contribution in [2.45, 2.75) is 30.0 Å². The van der Waals surface area contributed by atoms with E-state index in [9.17, 15) is 34.8 Å². The molecule has 22 heavy (non-hydrogen) atoms. The fourth-order valence-corrected chi connectivity index (χ4v) is 2.69. The third kappa shape index (κ3) is 2.89. The topological polar surface area (TPSA) is 52.0 Å². The number of aromatic nitrogens is 2. The molecule has 0 fully saturated rings. The first-order chi connectivity index (χ1) is 9.83. The third-order valence-corrected chi connectivity index (χ3v) is 4.35. The second-order valence-electron chi connectivity index (χ2n) is 4.46. The monoisotopic (exact) mass is 346 g/mol. The van der Waals surface area contributed by atoms with Crippen LogP contribution < -0.4 is 0 Å². The molecule has 0 radical (unpaired) electrons. The van der Waals surface area contributed by atoms with E-state index in [2.05, 4.69) is 4.98 Å². The quantitative estimate of drug-likeness (QED) is 0.785. The molecule has 0 amide bonds. The highest BCUT2D eigenvalue weighted by atomic mass is 32.2. The minimum Gasteiger partial charge on any atom is -0.319 e. The molecular weight excluding hydrogens is 338 g/mol. The number of imidazole rings is 1. The van der Waals surface area contributed by atoms with Crippen molar-refractivity contribution in [1.29, 1.82) is 0 Å². The highest BCUT2D eigenvalue weighted by Gasteiger charge is 2.47. The number of nitrogens with zero attached hydrogens (tertiary/aromatic N) is 2. The van der Waals surface area contributed by atoms with Gasteiger partial charge in [-0.05, 0) is 25.1 Å². The lowest BCUT2D eigenvalue weighted by Crippen LogP contribution is -2.23. The van der Waals surface area contributed by atoms with Crippen molar-refractivity contribution in [2.75, 3.05) is 0 Å². The van der Waals surface area contributed by atoms with Crippen LogP contribution in [0.1, 0.15) is 5.82 Å². The molecule has 0 aliphatic heterocycles. The van der Waals surface area contributed by atoms with Gasteiger partial charge in [0.05, 0.1) is 15.9 Å². The van der Waals surface area contributed by atoms with Crippen LogP contribution in [0.2, 0.25) is 0 Å². The lowest BCUT2D eigenvalue weighted by Gasteiger charge is -2.10. The smallest absolute Gasteiger partial charge is 0.319 e. The molecule has 0 aliphatic rings. The summed E-state index contributed by atoms with van der Waals surface area (Å²) >= 11 is 0. The maximum absolute atomic E-state index is 12.5. The molecule has 1 aromatic heterocycles. The molecule has 0 spiro atoms. The van der Waals surface area contributed by atoms with E-state index in [1.807, 2.05) is 0 Å². The van der Waals surface area contributed by atoms with Crippen LogP contribution in [0, 0.1) is 6.92 Å². The van der Waals surface area contributed by atoms with Gasteiger partial charge < -0.3 is 4.57 Å². The van der Waals surface area contributed by atoms with Crippen molar-refractivity contribution >= 4 is 20.9 Å². The van der Waals surface area contributed by atoms with E-state index in [0.29, 0.717) is 12.1 Å². The Kier molecular flexibility index (Phi) is 3.67. The lowest BCUT2D eigenvalue weighted by atomic mass is 10.3. The number of hydrogen-bond donors (Lipinski definition) is 0. The van der Waals surface area contributed by atoms with E-state index in [-0.39, 0.29) is 16.9 Å². The summed E-state index contributed by atoms with van der Waals surface area (Å²) < 4.78 is 98.1. The predicted octanol–water partition coefficient (Wildman–Crippen LogP) is 3.20. The summed E-state index contributed by atoms with van der Waals surface area (Å²) in [4.78, 5) is 2.62. The predicted molar refractivity (Wildman–Crippen MR) is 63.8 cm³/mol. The Morgan fingerprint density at radius 3 is 2.23 bits per heavy atom. The molecule has 1 heterocycles. The summed E-state index contributed by atoms with van der Waals surface area (Å²) in [5.41, 5.74) is -5.85. The van der Waals surface area contributed by atoms with Crippen molar-refractivity contribution in [1.82, 2.24) is 9.55 Å². The van der Waals surface area contributed by atoms with Crippen LogP contribution in [0.4, 0.5) is 26.3 Å². The molecule has 0 N–H and O–H groups in total. The van der Waals surface area contributed by atoms with E-state index in [1.54, 1.807) is 0 Å². The van der Waals surface area contributed by atoms with Crippen molar-refractivity contribution in [3.63, 3.8) is 0 Å². The fraction of sp³-hybridized carbons (Fsp3) is 0.364. The van der Waals surface area contributed by atoms with Crippen LogP contribution in [-0.4, -0.2) is 29.7 Å². The molecule has 0 bridgehead atoms. The van der Waals surface area contributed by atoms with Gasteiger partial charge in [0, 0.05) is 0 Å². The molecule has 2 aromatic rings. The average Bonchev–Trinajstić information content (AvgIpc) is 2.62. The van der Waals surface area contributed by atoms with Crippen LogP contribution in [0.15, 0.2) is 23.1 Å². The number of rotatable bonds is 2. The number of fused-ring (bicyclic) bond motifs is 1. The number of alkyl halides is 6. The largest absolute Gasteiger partial charge is 0.501 e. The molecule has 11 heteroatoms. The van der Waals surface area contributed by atoms with Crippen LogP contribution in [0.3, 0.4) is 0 Å². The summed E-state index contributed by atoms with van der Waals surface area (Å²) in [6.07, 6.45) is -4.55. The molecule has 0 aliphatic carbocycles. The molecule has 0 unspecified atom stereocenters. The van der Waals surface area contributed by atoms with Gasteiger partial charge >= 0.3 is 11.7 Å². The summed E-state index contributed by atoms with van der Waals surface area (Å²) in [6, 6.07) is 2.09. The Balaban J connectivity index is 2.60. The van der Waals surface area contributed by atoms with E-state index in [0.717, 1.165) is 10.6 Å². The van der Waals surface area contributed by atoms with Gasteiger partial charge in [0.1, 0.15) is 12.4 Å². The van der Waals surface area contributed by atoms with Crippen molar-refractivity contribution in [3.8, 4) is 0 Å². The number of hydrogen-bond acceptors (Lipinski definition) is 3. The maximum atomic E-state index is 12.5. The SMILES string of the molecule is Cc1nc2cc(S(=O)(=O)C(F)(F)F)ccc2n1CC(F)(F)F. The Bertz CT molecular complexity index is 819. The first kappa shape index (κ1) is 16.6. The summed E-state index contributed by atoms with van der Waals surface area (Å²) in [5.74, 6) is -0.0890. The highest BCUT2D eigenvalue weighted by Crippen LogP contribution is 2.32. The van der Waals surface area contributed by atoms with Gasteiger partial charge in [-0.15, -0.1) is 0 Å². The van der Waals surface area contributed by atoms with Gasteiger partial charge in [0.15, 0.2) is 0 Å². The molecule has 0 saturated carbocycles. The van der Waals surface area contributed by atoms with E-state index < -0.39 is 33.0 Å². The van der Waals surface area contributed by atoms with Gasteiger partial charge in [-0.25, -0.2) is 13.4 Å². The fourth-order valence-electron chi connectivity index (χ4n) is 1.91. The zero-order valence-electron chi connectivity index (χ0n) is 10.8. The normalized spacial score (nSPS) is 13.8. The van der Waals surface area contributed by atoms with Crippen LogP contribution in [-0.2, 0) is 16.4 Å². The molecule has 4 nitrogen and oxygen atoms in total. The summed E-state index contributed by atoms with van der Waals surface area (Å²) in [5, 5.41) is 0.